The van der Waals surface area contributed by atoms with E-state index in [1.807, 2.05) is 13.8 Å². The SMILES string of the molecule is CC[C@@H](c1c(C)noc1C)n1c(NS(=O)(=O)[C@@H](C)[C@H](OC)c2ncc(Cl)cn2)nnc1-c1cccc(OC)n1. The highest BCUT2D eigenvalue weighted by Crippen LogP contribution is 2.35. The highest BCUT2D eigenvalue weighted by molar-refractivity contribution is 7.93. The molecule has 0 amide bonds. The molecule has 3 atom stereocenters. The molecule has 15 heteroatoms. The molecule has 0 unspecified atom stereocenters. The van der Waals surface area contributed by atoms with E-state index in [9.17, 15) is 8.42 Å². The van der Waals surface area contributed by atoms with Crippen LogP contribution >= 0.6 is 11.6 Å². The lowest BCUT2D eigenvalue weighted by Crippen LogP contribution is -2.34. The van der Waals surface area contributed by atoms with Crippen molar-refractivity contribution >= 4 is 27.6 Å². The number of pyridine rings is 1. The van der Waals surface area contributed by atoms with Crippen LogP contribution in [0.3, 0.4) is 0 Å². The fraction of sp³-hybridized carbons (Fsp3) is 0.417. The van der Waals surface area contributed by atoms with E-state index in [0.717, 1.165) is 5.56 Å². The summed E-state index contributed by atoms with van der Waals surface area (Å²) >= 11 is 5.89. The van der Waals surface area contributed by atoms with Gasteiger partial charge in [0.25, 0.3) is 0 Å². The number of ether oxygens (including phenoxy) is 2. The Morgan fingerprint density at radius 1 is 1.15 bits per heavy atom. The van der Waals surface area contributed by atoms with Crippen molar-refractivity contribution in [3.05, 3.63) is 58.5 Å². The van der Waals surface area contributed by atoms with Gasteiger partial charge in [-0.05, 0) is 33.3 Å². The number of rotatable bonds is 11. The lowest BCUT2D eigenvalue weighted by atomic mass is 10.0. The summed E-state index contributed by atoms with van der Waals surface area (Å²) < 4.78 is 47.8. The van der Waals surface area contributed by atoms with Crippen LogP contribution < -0.4 is 9.46 Å². The van der Waals surface area contributed by atoms with Crippen molar-refractivity contribution in [3.63, 3.8) is 0 Å². The third-order valence-electron chi connectivity index (χ3n) is 6.28. The Labute approximate surface area is 231 Å². The van der Waals surface area contributed by atoms with Crippen molar-refractivity contribution in [3.8, 4) is 17.4 Å². The predicted octanol–water partition coefficient (Wildman–Crippen LogP) is 3.91. The van der Waals surface area contributed by atoms with Gasteiger partial charge in [0.05, 0.1) is 23.9 Å². The summed E-state index contributed by atoms with van der Waals surface area (Å²) in [5.41, 5.74) is 1.90. The number of methoxy groups -OCH3 is 2. The zero-order valence-corrected chi connectivity index (χ0v) is 23.9. The van der Waals surface area contributed by atoms with E-state index in [2.05, 4.69) is 35.0 Å². The highest BCUT2D eigenvalue weighted by atomic mass is 35.5. The molecular formula is C24H29ClN8O5S. The minimum absolute atomic E-state index is 0.0137. The normalized spacial score (nSPS) is 14.1. The maximum Gasteiger partial charge on any atom is 0.240 e. The molecule has 208 valence electrons. The van der Waals surface area contributed by atoms with Crippen LogP contribution in [0.5, 0.6) is 5.88 Å². The van der Waals surface area contributed by atoms with Crippen LogP contribution in [0.1, 0.15) is 55.3 Å². The molecule has 0 saturated heterocycles. The number of hydrogen-bond acceptors (Lipinski definition) is 11. The molecule has 0 spiro atoms. The first-order valence-electron chi connectivity index (χ1n) is 12.0. The highest BCUT2D eigenvalue weighted by Gasteiger charge is 2.36. The van der Waals surface area contributed by atoms with Crippen LogP contribution in [-0.4, -0.2) is 62.8 Å². The Bertz CT molecular complexity index is 1520. The molecule has 1 N–H and O–H groups in total. The molecule has 0 aromatic carbocycles. The van der Waals surface area contributed by atoms with E-state index in [0.29, 0.717) is 40.3 Å². The predicted molar refractivity (Wildman–Crippen MR) is 143 cm³/mol. The van der Waals surface area contributed by atoms with Crippen LogP contribution in [0.15, 0.2) is 35.1 Å². The second-order valence-corrected chi connectivity index (χ2v) is 11.2. The molecule has 4 rings (SSSR count). The largest absolute Gasteiger partial charge is 0.481 e. The number of anilines is 1. The van der Waals surface area contributed by atoms with Gasteiger partial charge >= 0.3 is 0 Å². The second kappa shape index (κ2) is 11.6. The van der Waals surface area contributed by atoms with E-state index < -0.39 is 27.4 Å². The molecule has 4 aromatic heterocycles. The minimum atomic E-state index is -4.11. The van der Waals surface area contributed by atoms with Gasteiger partial charge in [-0.15, -0.1) is 10.2 Å². The standard InChI is InChI=1S/C24H29ClN8O5S/c1-7-18(20-13(2)31-38-14(20)3)33-23(17-9-8-10-19(28-17)36-5)29-30-24(33)32-39(34,35)15(4)21(37-6)22-26-11-16(25)12-27-22/h8-12,15,18,21H,7H2,1-6H3,(H,30,32)/t15-,18-,21-/m0/s1. The Kier molecular flexibility index (Phi) is 8.47. The molecule has 0 aliphatic heterocycles. The molecule has 0 fully saturated rings. The topological polar surface area (TPSA) is 160 Å². The van der Waals surface area contributed by atoms with Gasteiger partial charge in [-0.25, -0.2) is 23.4 Å². The second-order valence-electron chi connectivity index (χ2n) is 8.71. The Morgan fingerprint density at radius 2 is 1.87 bits per heavy atom. The molecule has 0 saturated carbocycles. The smallest absolute Gasteiger partial charge is 0.240 e. The molecule has 13 nitrogen and oxygen atoms in total. The van der Waals surface area contributed by atoms with Crippen LogP contribution in [-0.2, 0) is 14.8 Å². The van der Waals surface area contributed by atoms with Gasteiger partial charge < -0.3 is 14.0 Å². The molecule has 0 bridgehead atoms. The average Bonchev–Trinajstić information content (AvgIpc) is 3.48. The zero-order chi connectivity index (χ0) is 28.3. The first-order chi connectivity index (χ1) is 18.6. The molecule has 4 aromatic rings. The summed E-state index contributed by atoms with van der Waals surface area (Å²) in [6.45, 7) is 7.07. The number of nitrogens with one attached hydrogen (secondary N) is 1. The summed E-state index contributed by atoms with van der Waals surface area (Å²) in [5.74, 6) is 1.45. The van der Waals surface area contributed by atoms with Crippen molar-refractivity contribution in [2.75, 3.05) is 18.9 Å². The molecule has 0 aliphatic carbocycles. The van der Waals surface area contributed by atoms with Gasteiger partial charge in [0.1, 0.15) is 22.8 Å². The molecule has 0 aliphatic rings. The van der Waals surface area contributed by atoms with Crippen LogP contribution in [0.4, 0.5) is 5.95 Å². The Hall–Kier alpha value is -3.62. The first kappa shape index (κ1) is 28.4. The fourth-order valence-corrected chi connectivity index (χ4v) is 5.56. The van der Waals surface area contributed by atoms with Crippen molar-refractivity contribution < 1.29 is 22.4 Å². The van der Waals surface area contributed by atoms with Crippen molar-refractivity contribution in [1.29, 1.82) is 0 Å². The number of aromatic nitrogens is 7. The van der Waals surface area contributed by atoms with E-state index in [-0.39, 0.29) is 11.8 Å². The van der Waals surface area contributed by atoms with Gasteiger partial charge in [-0.2, -0.15) is 0 Å². The minimum Gasteiger partial charge on any atom is -0.481 e. The van der Waals surface area contributed by atoms with Gasteiger partial charge in [-0.3, -0.25) is 9.29 Å². The van der Waals surface area contributed by atoms with Crippen LogP contribution in [0.2, 0.25) is 5.02 Å². The quantitative estimate of drug-likeness (QED) is 0.275. The number of nitrogens with zero attached hydrogens (tertiary/aromatic N) is 7. The van der Waals surface area contributed by atoms with Crippen LogP contribution in [0.25, 0.3) is 11.5 Å². The number of hydrogen-bond donors (Lipinski definition) is 1. The van der Waals surface area contributed by atoms with Gasteiger partial charge in [0.15, 0.2) is 11.6 Å². The molecule has 4 heterocycles. The van der Waals surface area contributed by atoms with Gasteiger partial charge in [0, 0.05) is 31.1 Å². The van der Waals surface area contributed by atoms with Gasteiger partial charge in [-0.1, -0.05) is 29.7 Å². The van der Waals surface area contributed by atoms with E-state index in [4.69, 9.17) is 25.6 Å². The van der Waals surface area contributed by atoms with Crippen LogP contribution in [0, 0.1) is 13.8 Å². The Morgan fingerprint density at radius 3 is 2.46 bits per heavy atom. The summed E-state index contributed by atoms with van der Waals surface area (Å²) in [6.07, 6.45) is 2.31. The summed E-state index contributed by atoms with van der Waals surface area (Å²) in [7, 11) is -1.22. The van der Waals surface area contributed by atoms with Crippen molar-refractivity contribution in [2.45, 2.75) is 51.5 Å². The maximum absolute atomic E-state index is 13.6. The lowest BCUT2D eigenvalue weighted by Gasteiger charge is -2.24. The van der Waals surface area contributed by atoms with E-state index in [1.165, 1.54) is 33.5 Å². The third-order valence-corrected chi connectivity index (χ3v) is 8.16. The van der Waals surface area contributed by atoms with E-state index in [1.54, 1.807) is 29.7 Å². The van der Waals surface area contributed by atoms with Crippen molar-refractivity contribution in [2.24, 2.45) is 0 Å². The molecule has 39 heavy (non-hydrogen) atoms. The molecular weight excluding hydrogens is 548 g/mol. The maximum atomic E-state index is 13.6. The van der Waals surface area contributed by atoms with Crippen molar-refractivity contribution in [1.82, 2.24) is 34.9 Å². The first-order valence-corrected chi connectivity index (χ1v) is 13.9. The molecule has 0 radical (unpaired) electrons. The van der Waals surface area contributed by atoms with E-state index >= 15 is 0 Å². The number of halogens is 1. The van der Waals surface area contributed by atoms with Gasteiger partial charge in [0.2, 0.25) is 21.9 Å². The third kappa shape index (κ3) is 5.72. The fourth-order valence-electron chi connectivity index (χ4n) is 4.32. The summed E-state index contributed by atoms with van der Waals surface area (Å²) in [5, 5.41) is 11.8. The summed E-state index contributed by atoms with van der Waals surface area (Å²) in [6, 6.07) is 4.77. The number of aryl methyl sites for hydroxylation is 2. The Balaban J connectivity index is 1.81. The lowest BCUT2D eigenvalue weighted by molar-refractivity contribution is 0.0950. The summed E-state index contributed by atoms with van der Waals surface area (Å²) in [4.78, 5) is 12.8. The monoisotopic (exact) mass is 576 g/mol. The zero-order valence-electron chi connectivity index (χ0n) is 22.3. The average molecular weight is 577 g/mol. The number of sulfonamides is 1.